The normalized spacial score (nSPS) is 10.3. The fourth-order valence-electron chi connectivity index (χ4n) is 2.11. The molecule has 0 spiro atoms. The van der Waals surface area contributed by atoms with Gasteiger partial charge < -0.3 is 14.3 Å². The Morgan fingerprint density at radius 1 is 1.04 bits per heavy atom. The summed E-state index contributed by atoms with van der Waals surface area (Å²) in [6, 6.07) is 17.2. The summed E-state index contributed by atoms with van der Waals surface area (Å²) in [7, 11) is 0. The van der Waals surface area contributed by atoms with E-state index in [0.717, 1.165) is 17.1 Å². The summed E-state index contributed by atoms with van der Waals surface area (Å²) in [4.78, 5) is 18.3. The number of carbonyl (C=O) groups excluding carboxylic acids is 1. The maximum atomic E-state index is 11.6. The molecule has 2 aromatic carbocycles. The highest BCUT2D eigenvalue weighted by Gasteiger charge is 2.09. The number of hydrogen-bond acceptors (Lipinski definition) is 5. The fourth-order valence-corrected chi connectivity index (χ4v) is 2.11. The number of hydrogen-bond donors (Lipinski definition) is 0. The highest BCUT2D eigenvalue weighted by Crippen LogP contribution is 2.21. The SMILES string of the molecule is CCOC(=O)c1cnn(OCc2ccc(Oc3ccccc3)cc2)c1. The van der Waals surface area contributed by atoms with E-state index in [1.165, 1.54) is 17.2 Å². The lowest BCUT2D eigenvalue weighted by Gasteiger charge is -2.07. The number of ether oxygens (including phenoxy) is 2. The van der Waals surface area contributed by atoms with E-state index in [4.69, 9.17) is 14.3 Å². The molecule has 0 aliphatic rings. The number of aromatic nitrogens is 2. The molecule has 6 heteroatoms. The van der Waals surface area contributed by atoms with Crippen LogP contribution in [0.2, 0.25) is 0 Å². The van der Waals surface area contributed by atoms with E-state index < -0.39 is 5.97 Å². The zero-order valence-corrected chi connectivity index (χ0v) is 13.8. The molecule has 0 amide bonds. The quantitative estimate of drug-likeness (QED) is 0.617. The third-order valence-corrected chi connectivity index (χ3v) is 3.34. The number of rotatable bonds is 7. The molecule has 0 saturated carbocycles. The first-order valence-electron chi connectivity index (χ1n) is 7.91. The minimum Gasteiger partial charge on any atom is -0.462 e. The monoisotopic (exact) mass is 338 g/mol. The Morgan fingerprint density at radius 2 is 1.76 bits per heavy atom. The first-order valence-corrected chi connectivity index (χ1v) is 7.91. The van der Waals surface area contributed by atoms with Gasteiger partial charge in [0.25, 0.3) is 0 Å². The van der Waals surface area contributed by atoms with E-state index in [1.807, 2.05) is 54.6 Å². The lowest BCUT2D eigenvalue weighted by Crippen LogP contribution is -2.11. The van der Waals surface area contributed by atoms with Gasteiger partial charge in [-0.15, -0.1) is 9.94 Å². The summed E-state index contributed by atoms with van der Waals surface area (Å²) in [5, 5.41) is 3.98. The highest BCUT2D eigenvalue weighted by molar-refractivity contribution is 5.88. The fraction of sp³-hybridized carbons (Fsp3) is 0.158. The van der Waals surface area contributed by atoms with Crippen LogP contribution >= 0.6 is 0 Å². The molecule has 1 heterocycles. The Kier molecular flexibility index (Phi) is 5.31. The van der Waals surface area contributed by atoms with Crippen molar-refractivity contribution in [1.29, 1.82) is 0 Å². The second kappa shape index (κ2) is 8.01. The average Bonchev–Trinajstić information content (AvgIpc) is 3.11. The van der Waals surface area contributed by atoms with Crippen molar-refractivity contribution in [1.82, 2.24) is 9.94 Å². The van der Waals surface area contributed by atoms with Crippen LogP contribution in [0.3, 0.4) is 0 Å². The molecule has 3 rings (SSSR count). The van der Waals surface area contributed by atoms with E-state index in [9.17, 15) is 4.79 Å². The van der Waals surface area contributed by atoms with Gasteiger partial charge in [-0.2, -0.15) is 0 Å². The Bertz CT molecular complexity index is 813. The van der Waals surface area contributed by atoms with Crippen LogP contribution in [0.1, 0.15) is 22.8 Å². The molecule has 3 aromatic rings. The highest BCUT2D eigenvalue weighted by atomic mass is 16.7. The maximum Gasteiger partial charge on any atom is 0.341 e. The van der Waals surface area contributed by atoms with Gasteiger partial charge in [-0.3, -0.25) is 0 Å². The summed E-state index contributed by atoms with van der Waals surface area (Å²) in [5.74, 6) is 1.12. The summed E-state index contributed by atoms with van der Waals surface area (Å²) < 4.78 is 10.6. The minimum absolute atomic E-state index is 0.315. The van der Waals surface area contributed by atoms with Crippen molar-refractivity contribution in [2.45, 2.75) is 13.5 Å². The molecular formula is C19H18N2O4. The van der Waals surface area contributed by atoms with Gasteiger partial charge in [-0.25, -0.2) is 4.79 Å². The zero-order chi connectivity index (χ0) is 17.5. The topological polar surface area (TPSA) is 62.6 Å². The molecule has 0 saturated heterocycles. The molecule has 6 nitrogen and oxygen atoms in total. The van der Waals surface area contributed by atoms with Crippen molar-refractivity contribution in [3.63, 3.8) is 0 Å². The number of nitrogens with zero attached hydrogens (tertiary/aromatic N) is 2. The summed E-state index contributed by atoms with van der Waals surface area (Å²) in [5.41, 5.74) is 1.31. The molecule has 1 aromatic heterocycles. The molecule has 0 aliphatic heterocycles. The van der Waals surface area contributed by atoms with Gasteiger partial charge in [0.2, 0.25) is 0 Å². The van der Waals surface area contributed by atoms with E-state index in [1.54, 1.807) is 6.92 Å². The molecule has 0 fully saturated rings. The van der Waals surface area contributed by atoms with Crippen LogP contribution in [0.15, 0.2) is 67.0 Å². The van der Waals surface area contributed by atoms with Crippen molar-refractivity contribution in [2.24, 2.45) is 0 Å². The second-order valence-corrected chi connectivity index (χ2v) is 5.18. The van der Waals surface area contributed by atoms with Crippen molar-refractivity contribution >= 4 is 5.97 Å². The van der Waals surface area contributed by atoms with Gasteiger partial charge in [0.05, 0.1) is 19.0 Å². The van der Waals surface area contributed by atoms with Crippen molar-refractivity contribution in [3.05, 3.63) is 78.1 Å². The number of para-hydroxylation sites is 1. The van der Waals surface area contributed by atoms with Crippen LogP contribution in [0.5, 0.6) is 11.5 Å². The third-order valence-electron chi connectivity index (χ3n) is 3.34. The Hall–Kier alpha value is -3.28. The maximum absolute atomic E-state index is 11.6. The predicted octanol–water partition coefficient (Wildman–Crippen LogP) is 3.48. The Balaban J connectivity index is 1.54. The first kappa shape index (κ1) is 16.6. The largest absolute Gasteiger partial charge is 0.462 e. The average molecular weight is 338 g/mol. The van der Waals surface area contributed by atoms with Gasteiger partial charge in [0, 0.05) is 0 Å². The first-order chi connectivity index (χ1) is 12.2. The van der Waals surface area contributed by atoms with Crippen LogP contribution < -0.4 is 9.57 Å². The van der Waals surface area contributed by atoms with Crippen LogP contribution in [0, 0.1) is 0 Å². The standard InChI is InChI=1S/C19H18N2O4/c1-2-23-19(22)16-12-20-21(13-16)24-14-15-8-10-18(11-9-15)25-17-6-4-3-5-7-17/h3-13H,2,14H2,1H3. The van der Waals surface area contributed by atoms with Crippen molar-refractivity contribution in [3.8, 4) is 11.5 Å². The Labute approximate surface area is 145 Å². The van der Waals surface area contributed by atoms with Gasteiger partial charge in [0.15, 0.2) is 0 Å². The summed E-state index contributed by atoms with van der Waals surface area (Å²) in [6.45, 7) is 2.39. The van der Waals surface area contributed by atoms with Crippen LogP contribution in [-0.2, 0) is 11.3 Å². The summed E-state index contributed by atoms with van der Waals surface area (Å²) in [6.07, 6.45) is 2.90. The van der Waals surface area contributed by atoms with Crippen LogP contribution in [-0.4, -0.2) is 22.5 Å². The lowest BCUT2D eigenvalue weighted by atomic mass is 10.2. The third kappa shape index (κ3) is 4.60. The van der Waals surface area contributed by atoms with E-state index in [2.05, 4.69) is 5.10 Å². The zero-order valence-electron chi connectivity index (χ0n) is 13.8. The molecule has 128 valence electrons. The summed E-state index contributed by atoms with van der Waals surface area (Å²) >= 11 is 0. The molecule has 0 radical (unpaired) electrons. The molecule has 0 N–H and O–H groups in total. The lowest BCUT2D eigenvalue weighted by molar-refractivity contribution is 0.0517. The molecule has 0 bridgehead atoms. The van der Waals surface area contributed by atoms with E-state index in [-0.39, 0.29) is 0 Å². The van der Waals surface area contributed by atoms with Crippen LogP contribution in [0.4, 0.5) is 0 Å². The second-order valence-electron chi connectivity index (χ2n) is 5.18. The van der Waals surface area contributed by atoms with Gasteiger partial charge in [0.1, 0.15) is 23.7 Å². The number of carbonyl (C=O) groups is 1. The van der Waals surface area contributed by atoms with Gasteiger partial charge in [-0.05, 0) is 36.8 Å². The number of esters is 1. The number of benzene rings is 2. The predicted molar refractivity (Wildman–Crippen MR) is 91.4 cm³/mol. The van der Waals surface area contributed by atoms with E-state index >= 15 is 0 Å². The smallest absolute Gasteiger partial charge is 0.341 e. The molecular weight excluding hydrogens is 320 g/mol. The molecule has 0 unspecified atom stereocenters. The van der Waals surface area contributed by atoms with Crippen molar-refractivity contribution < 1.29 is 19.1 Å². The van der Waals surface area contributed by atoms with Gasteiger partial charge in [-0.1, -0.05) is 30.3 Å². The molecule has 0 atom stereocenters. The molecule has 0 aliphatic carbocycles. The van der Waals surface area contributed by atoms with Gasteiger partial charge >= 0.3 is 5.97 Å². The minimum atomic E-state index is -0.417. The van der Waals surface area contributed by atoms with E-state index in [0.29, 0.717) is 18.8 Å². The Morgan fingerprint density at radius 3 is 2.48 bits per heavy atom. The van der Waals surface area contributed by atoms with Crippen LogP contribution in [0.25, 0.3) is 0 Å². The van der Waals surface area contributed by atoms with Crippen molar-refractivity contribution in [2.75, 3.05) is 6.61 Å². The molecule has 25 heavy (non-hydrogen) atoms.